The van der Waals surface area contributed by atoms with E-state index in [1.165, 1.54) is 16.7 Å². The minimum atomic E-state index is -1.04. The number of carboxylic acid groups (broad SMARTS) is 1. The van der Waals surface area contributed by atoms with Gasteiger partial charge in [0.2, 0.25) is 0 Å². The average Bonchev–Trinajstić information content (AvgIpc) is 3.47. The molecular formula is C27H24N2O5S. The number of ether oxygens (including phenoxy) is 1. The number of hydrogen-bond donors (Lipinski definition) is 2. The number of aryl methyl sites for hydroxylation is 1. The highest BCUT2D eigenvalue weighted by Gasteiger charge is 2.36. The zero-order valence-electron chi connectivity index (χ0n) is 19.1. The van der Waals surface area contributed by atoms with Crippen LogP contribution in [0.2, 0.25) is 0 Å². The summed E-state index contributed by atoms with van der Waals surface area (Å²) in [5.74, 6) is -0.928. The number of nitrogens with zero attached hydrogens (tertiary/aromatic N) is 1. The molecule has 1 aliphatic heterocycles. The molecule has 3 aromatic carbocycles. The molecule has 2 N–H and O–H groups in total. The third-order valence-electron chi connectivity index (χ3n) is 6.41. The maximum Gasteiger partial charge on any atom is 0.411 e. The summed E-state index contributed by atoms with van der Waals surface area (Å²) in [6.45, 7) is 1.99. The van der Waals surface area contributed by atoms with Crippen molar-refractivity contribution in [2.75, 3.05) is 23.6 Å². The number of thioether (sulfide) groups is 1. The number of carboxylic acids is 1. The van der Waals surface area contributed by atoms with E-state index in [4.69, 9.17) is 4.74 Å². The van der Waals surface area contributed by atoms with Gasteiger partial charge in [-0.2, -0.15) is 0 Å². The van der Waals surface area contributed by atoms with E-state index in [1.54, 1.807) is 18.2 Å². The monoisotopic (exact) mass is 488 g/mol. The first kappa shape index (κ1) is 23.0. The van der Waals surface area contributed by atoms with Gasteiger partial charge in [-0.05, 0) is 41.3 Å². The topological polar surface area (TPSA) is 95.9 Å². The van der Waals surface area contributed by atoms with E-state index >= 15 is 0 Å². The molecule has 1 aliphatic carbocycles. The van der Waals surface area contributed by atoms with E-state index in [2.05, 4.69) is 17.4 Å². The molecule has 1 fully saturated rings. The molecule has 1 saturated heterocycles. The number of hydrogen-bond acceptors (Lipinski definition) is 5. The second-order valence-corrected chi connectivity index (χ2v) is 9.63. The number of amides is 2. The molecule has 35 heavy (non-hydrogen) atoms. The molecule has 1 atom stereocenters. The summed E-state index contributed by atoms with van der Waals surface area (Å²) in [6.07, 6.45) is -0.671. The molecule has 0 saturated carbocycles. The first-order chi connectivity index (χ1) is 16.9. The minimum Gasteiger partial charge on any atom is -0.480 e. The quantitative estimate of drug-likeness (QED) is 0.527. The third kappa shape index (κ3) is 4.37. The Morgan fingerprint density at radius 1 is 1.03 bits per heavy atom. The molecule has 8 heteroatoms. The van der Waals surface area contributed by atoms with Crippen LogP contribution in [0.1, 0.15) is 33.0 Å². The van der Waals surface area contributed by atoms with Gasteiger partial charge in [0.1, 0.15) is 12.6 Å². The first-order valence-electron chi connectivity index (χ1n) is 11.3. The van der Waals surface area contributed by atoms with Crippen molar-refractivity contribution in [3.8, 4) is 11.1 Å². The van der Waals surface area contributed by atoms with E-state index in [0.717, 1.165) is 27.8 Å². The summed E-state index contributed by atoms with van der Waals surface area (Å²) in [6, 6.07) is 20.4. The Morgan fingerprint density at radius 3 is 2.34 bits per heavy atom. The average molecular weight is 489 g/mol. The van der Waals surface area contributed by atoms with Gasteiger partial charge in [-0.15, -0.1) is 11.8 Å². The van der Waals surface area contributed by atoms with Crippen LogP contribution in [-0.2, 0) is 9.53 Å². The van der Waals surface area contributed by atoms with Crippen molar-refractivity contribution in [2.24, 2.45) is 0 Å². The SMILES string of the molecule is Cc1ccc(NC(=O)OCC2c3ccccc3-c3ccccc32)c(C(=O)N2CSCC2C(=O)O)c1. The fraction of sp³-hybridized carbons (Fsp3) is 0.222. The number of fused-ring (bicyclic) bond motifs is 3. The molecule has 7 nitrogen and oxygen atoms in total. The van der Waals surface area contributed by atoms with Crippen LogP contribution in [0.25, 0.3) is 11.1 Å². The first-order valence-corrected chi connectivity index (χ1v) is 12.4. The van der Waals surface area contributed by atoms with Gasteiger partial charge < -0.3 is 14.7 Å². The standard InChI is InChI=1S/C27H24N2O5S/c1-16-10-11-23(21(12-16)25(30)29-15-35-14-24(29)26(31)32)28-27(33)34-13-22-19-8-4-2-6-17(19)18-7-3-5-9-20(18)22/h2-12,22,24H,13-15H2,1H3,(H,28,33)(H,31,32). The highest BCUT2D eigenvalue weighted by Crippen LogP contribution is 2.44. The van der Waals surface area contributed by atoms with Crippen LogP contribution in [0.5, 0.6) is 0 Å². The Balaban J connectivity index is 1.33. The zero-order chi connectivity index (χ0) is 24.5. The number of carbonyl (C=O) groups is 3. The lowest BCUT2D eigenvalue weighted by Crippen LogP contribution is -2.42. The van der Waals surface area contributed by atoms with Gasteiger partial charge in [0.05, 0.1) is 17.1 Å². The van der Waals surface area contributed by atoms with Crippen LogP contribution in [0.15, 0.2) is 66.7 Å². The van der Waals surface area contributed by atoms with Crippen LogP contribution in [0.3, 0.4) is 0 Å². The number of rotatable bonds is 5. The summed E-state index contributed by atoms with van der Waals surface area (Å²) in [5, 5.41) is 12.2. The van der Waals surface area contributed by atoms with Gasteiger partial charge in [-0.3, -0.25) is 10.1 Å². The van der Waals surface area contributed by atoms with E-state index < -0.39 is 24.0 Å². The summed E-state index contributed by atoms with van der Waals surface area (Å²) in [7, 11) is 0. The van der Waals surface area contributed by atoms with Crippen molar-refractivity contribution in [1.29, 1.82) is 0 Å². The smallest absolute Gasteiger partial charge is 0.411 e. The molecule has 0 bridgehead atoms. The van der Waals surface area contributed by atoms with Crippen LogP contribution < -0.4 is 5.32 Å². The zero-order valence-corrected chi connectivity index (χ0v) is 19.9. The van der Waals surface area contributed by atoms with Crippen LogP contribution in [-0.4, -0.2) is 52.3 Å². The van der Waals surface area contributed by atoms with Crippen LogP contribution in [0.4, 0.5) is 10.5 Å². The normalized spacial score (nSPS) is 16.5. The Bertz CT molecular complexity index is 1280. The van der Waals surface area contributed by atoms with Crippen molar-refractivity contribution in [3.63, 3.8) is 0 Å². The predicted molar refractivity (Wildman–Crippen MR) is 135 cm³/mol. The number of benzene rings is 3. The molecule has 1 unspecified atom stereocenters. The fourth-order valence-electron chi connectivity index (χ4n) is 4.69. The molecule has 0 aromatic heterocycles. The highest BCUT2D eigenvalue weighted by atomic mass is 32.2. The summed E-state index contributed by atoms with van der Waals surface area (Å²) >= 11 is 1.39. The molecule has 178 valence electrons. The maximum atomic E-state index is 13.2. The highest BCUT2D eigenvalue weighted by molar-refractivity contribution is 7.99. The van der Waals surface area contributed by atoms with Gasteiger partial charge in [0.15, 0.2) is 0 Å². The molecule has 2 aliphatic rings. The fourth-order valence-corrected chi connectivity index (χ4v) is 5.84. The number of anilines is 1. The Morgan fingerprint density at radius 2 is 1.69 bits per heavy atom. The van der Waals surface area contributed by atoms with Gasteiger partial charge in [-0.25, -0.2) is 9.59 Å². The largest absolute Gasteiger partial charge is 0.480 e. The van der Waals surface area contributed by atoms with E-state index in [-0.39, 0.29) is 24.0 Å². The predicted octanol–water partition coefficient (Wildman–Crippen LogP) is 4.96. The summed E-state index contributed by atoms with van der Waals surface area (Å²) in [4.78, 5) is 38.9. The lowest BCUT2D eigenvalue weighted by atomic mass is 9.98. The molecule has 2 amide bonds. The lowest BCUT2D eigenvalue weighted by Gasteiger charge is -2.22. The van der Waals surface area contributed by atoms with Crippen molar-refractivity contribution < 1.29 is 24.2 Å². The lowest BCUT2D eigenvalue weighted by molar-refractivity contribution is -0.140. The molecule has 0 spiro atoms. The van der Waals surface area contributed by atoms with Gasteiger partial charge >= 0.3 is 12.1 Å². The second-order valence-electron chi connectivity index (χ2n) is 8.63. The Labute approximate surface area is 207 Å². The van der Waals surface area contributed by atoms with Crippen molar-refractivity contribution in [3.05, 3.63) is 89.0 Å². The van der Waals surface area contributed by atoms with E-state index in [1.807, 2.05) is 43.3 Å². The summed E-state index contributed by atoms with van der Waals surface area (Å²) in [5.41, 5.74) is 5.86. The maximum absolute atomic E-state index is 13.2. The van der Waals surface area contributed by atoms with Gasteiger partial charge in [-0.1, -0.05) is 60.2 Å². The van der Waals surface area contributed by atoms with Crippen molar-refractivity contribution >= 4 is 35.4 Å². The molecule has 5 rings (SSSR count). The molecule has 3 aromatic rings. The van der Waals surface area contributed by atoms with Gasteiger partial charge in [0.25, 0.3) is 5.91 Å². The van der Waals surface area contributed by atoms with Crippen LogP contribution >= 0.6 is 11.8 Å². The van der Waals surface area contributed by atoms with Crippen LogP contribution in [0, 0.1) is 6.92 Å². The minimum absolute atomic E-state index is 0.0785. The number of carbonyl (C=O) groups excluding carboxylic acids is 2. The van der Waals surface area contributed by atoms with E-state index in [9.17, 15) is 19.5 Å². The number of nitrogens with one attached hydrogen (secondary N) is 1. The van der Waals surface area contributed by atoms with Gasteiger partial charge in [0, 0.05) is 11.7 Å². The summed E-state index contributed by atoms with van der Waals surface area (Å²) < 4.78 is 5.62. The molecule has 1 heterocycles. The number of aliphatic carboxylic acids is 1. The third-order valence-corrected chi connectivity index (χ3v) is 7.43. The van der Waals surface area contributed by atoms with Crippen molar-refractivity contribution in [2.45, 2.75) is 18.9 Å². The molecule has 0 radical (unpaired) electrons. The second kappa shape index (κ2) is 9.46. The molecular weight excluding hydrogens is 464 g/mol. The Kier molecular flexibility index (Phi) is 6.21. The van der Waals surface area contributed by atoms with Crippen molar-refractivity contribution in [1.82, 2.24) is 4.90 Å². The van der Waals surface area contributed by atoms with E-state index in [0.29, 0.717) is 11.4 Å². The Hall–Kier alpha value is -3.78.